The lowest BCUT2D eigenvalue weighted by Crippen LogP contribution is -2.33. The van der Waals surface area contributed by atoms with Crippen molar-refractivity contribution in [3.8, 4) is 11.5 Å². The highest BCUT2D eigenvalue weighted by atomic mass is 32.2. The number of methoxy groups -OCH3 is 2. The maximum Gasteiger partial charge on any atom is 0.251 e. The number of amides is 2. The standard InChI is InChI=1S/C19H23N3O5S/c1-26-15-4-3-14(10-16(15)27-2)19(25)21-11-18(24)22-17-9-13(5-6-20-17)12-28-8-7-23/h3-6,9-10,23H,7-8,11-12H2,1-2H3,(H,21,25)(H,20,22,24). The highest BCUT2D eigenvalue weighted by Crippen LogP contribution is 2.27. The van der Waals surface area contributed by atoms with E-state index in [-0.39, 0.29) is 19.1 Å². The van der Waals surface area contributed by atoms with Crippen LogP contribution in [0.1, 0.15) is 15.9 Å². The van der Waals surface area contributed by atoms with Crippen molar-refractivity contribution >= 4 is 29.4 Å². The summed E-state index contributed by atoms with van der Waals surface area (Å²) >= 11 is 1.58. The monoisotopic (exact) mass is 405 g/mol. The molecule has 0 atom stereocenters. The molecule has 0 saturated carbocycles. The molecule has 1 aromatic heterocycles. The van der Waals surface area contributed by atoms with E-state index in [1.54, 1.807) is 42.2 Å². The number of pyridine rings is 1. The van der Waals surface area contributed by atoms with E-state index >= 15 is 0 Å². The zero-order valence-corrected chi connectivity index (χ0v) is 16.5. The first-order valence-electron chi connectivity index (χ1n) is 8.51. The molecule has 1 aromatic carbocycles. The van der Waals surface area contributed by atoms with Gasteiger partial charge in [-0.15, -0.1) is 0 Å². The lowest BCUT2D eigenvalue weighted by molar-refractivity contribution is -0.115. The normalized spacial score (nSPS) is 10.2. The number of ether oxygens (including phenoxy) is 2. The van der Waals surface area contributed by atoms with Crippen LogP contribution in [0.25, 0.3) is 0 Å². The highest BCUT2D eigenvalue weighted by Gasteiger charge is 2.12. The number of nitrogens with zero attached hydrogens (tertiary/aromatic N) is 1. The average Bonchev–Trinajstić information content (AvgIpc) is 2.72. The van der Waals surface area contributed by atoms with Gasteiger partial charge >= 0.3 is 0 Å². The third-order valence-corrected chi connectivity index (χ3v) is 4.66. The highest BCUT2D eigenvalue weighted by molar-refractivity contribution is 7.98. The molecule has 8 nitrogen and oxygen atoms in total. The molecule has 1 heterocycles. The Kier molecular flexibility index (Phi) is 8.57. The van der Waals surface area contributed by atoms with Crippen molar-refractivity contribution in [2.24, 2.45) is 0 Å². The molecule has 0 bridgehead atoms. The van der Waals surface area contributed by atoms with Crippen LogP contribution in [0.2, 0.25) is 0 Å². The fourth-order valence-electron chi connectivity index (χ4n) is 2.31. The van der Waals surface area contributed by atoms with E-state index in [1.807, 2.05) is 6.07 Å². The quantitative estimate of drug-likeness (QED) is 0.516. The Labute approximate surface area is 167 Å². The number of aliphatic hydroxyl groups excluding tert-OH is 1. The number of aromatic nitrogens is 1. The van der Waals surface area contributed by atoms with E-state index in [4.69, 9.17) is 14.6 Å². The van der Waals surface area contributed by atoms with Crippen LogP contribution >= 0.6 is 11.8 Å². The number of carbonyl (C=O) groups excluding carboxylic acids is 2. The van der Waals surface area contributed by atoms with Crippen molar-refractivity contribution in [3.05, 3.63) is 47.7 Å². The van der Waals surface area contributed by atoms with Gasteiger partial charge in [-0.05, 0) is 35.9 Å². The fraction of sp³-hybridized carbons (Fsp3) is 0.316. The molecule has 0 unspecified atom stereocenters. The second-order valence-electron chi connectivity index (χ2n) is 5.63. The van der Waals surface area contributed by atoms with E-state index in [0.717, 1.165) is 5.56 Å². The Hall–Kier alpha value is -2.78. The summed E-state index contributed by atoms with van der Waals surface area (Å²) < 4.78 is 10.3. The van der Waals surface area contributed by atoms with E-state index in [1.165, 1.54) is 14.2 Å². The predicted octanol–water partition coefficient (Wildman–Crippen LogP) is 1.69. The second kappa shape index (κ2) is 11.2. The number of carbonyl (C=O) groups is 2. The molecule has 0 radical (unpaired) electrons. The lowest BCUT2D eigenvalue weighted by atomic mass is 10.2. The second-order valence-corrected chi connectivity index (χ2v) is 6.73. The number of rotatable bonds is 10. The fourth-order valence-corrected chi connectivity index (χ4v) is 3.00. The summed E-state index contributed by atoms with van der Waals surface area (Å²) in [4.78, 5) is 28.4. The molecular formula is C19H23N3O5S. The van der Waals surface area contributed by atoms with Crippen LogP contribution in [0.4, 0.5) is 5.82 Å². The number of thioether (sulfide) groups is 1. The lowest BCUT2D eigenvalue weighted by Gasteiger charge is -2.10. The van der Waals surface area contributed by atoms with Crippen molar-refractivity contribution in [1.29, 1.82) is 0 Å². The van der Waals surface area contributed by atoms with E-state index in [2.05, 4.69) is 15.6 Å². The molecule has 0 saturated heterocycles. The Morgan fingerprint density at radius 3 is 2.64 bits per heavy atom. The molecule has 9 heteroatoms. The summed E-state index contributed by atoms with van der Waals surface area (Å²) in [5.74, 6) is 1.92. The van der Waals surface area contributed by atoms with Crippen molar-refractivity contribution in [2.75, 3.05) is 38.4 Å². The number of nitrogens with one attached hydrogen (secondary N) is 2. The van der Waals surface area contributed by atoms with E-state index in [9.17, 15) is 9.59 Å². The first-order valence-corrected chi connectivity index (χ1v) is 9.66. The third kappa shape index (κ3) is 6.43. The molecule has 28 heavy (non-hydrogen) atoms. The van der Waals surface area contributed by atoms with Gasteiger partial charge in [0.2, 0.25) is 5.91 Å². The topological polar surface area (TPSA) is 110 Å². The van der Waals surface area contributed by atoms with Gasteiger partial charge in [0.1, 0.15) is 5.82 Å². The van der Waals surface area contributed by atoms with Gasteiger partial charge in [-0.3, -0.25) is 9.59 Å². The molecule has 0 spiro atoms. The first-order chi connectivity index (χ1) is 13.6. The van der Waals surface area contributed by atoms with Crippen LogP contribution in [0.15, 0.2) is 36.5 Å². The minimum atomic E-state index is -0.404. The number of aliphatic hydroxyl groups is 1. The van der Waals surface area contributed by atoms with Gasteiger partial charge in [0.05, 0.1) is 27.4 Å². The van der Waals surface area contributed by atoms with E-state index < -0.39 is 5.91 Å². The maximum atomic E-state index is 12.2. The van der Waals surface area contributed by atoms with Crippen LogP contribution in [0.5, 0.6) is 11.5 Å². The Balaban J connectivity index is 1.88. The summed E-state index contributed by atoms with van der Waals surface area (Å²) in [6, 6.07) is 8.36. The molecule has 2 aromatic rings. The van der Waals surface area contributed by atoms with Crippen molar-refractivity contribution < 1.29 is 24.2 Å². The zero-order chi connectivity index (χ0) is 20.4. The number of hydrogen-bond donors (Lipinski definition) is 3. The van der Waals surface area contributed by atoms with Gasteiger partial charge in [-0.25, -0.2) is 4.98 Å². The van der Waals surface area contributed by atoms with Gasteiger partial charge in [0.15, 0.2) is 11.5 Å². The van der Waals surface area contributed by atoms with Crippen molar-refractivity contribution in [3.63, 3.8) is 0 Å². The maximum absolute atomic E-state index is 12.2. The number of benzene rings is 1. The first kappa shape index (κ1) is 21.5. The summed E-state index contributed by atoms with van der Waals surface area (Å²) in [6.07, 6.45) is 1.60. The molecule has 2 amide bonds. The molecule has 2 rings (SSSR count). The number of hydrogen-bond acceptors (Lipinski definition) is 7. The molecule has 0 aliphatic heterocycles. The van der Waals surface area contributed by atoms with Gasteiger partial charge in [-0.2, -0.15) is 11.8 Å². The largest absolute Gasteiger partial charge is 0.493 e. The van der Waals surface area contributed by atoms with Crippen LogP contribution in [-0.2, 0) is 10.5 Å². The summed E-state index contributed by atoms with van der Waals surface area (Å²) in [7, 11) is 2.99. The summed E-state index contributed by atoms with van der Waals surface area (Å²) in [6.45, 7) is -0.0720. The minimum absolute atomic E-state index is 0.124. The summed E-state index contributed by atoms with van der Waals surface area (Å²) in [5, 5.41) is 14.0. The van der Waals surface area contributed by atoms with Crippen LogP contribution in [0, 0.1) is 0 Å². The number of anilines is 1. The third-order valence-electron chi connectivity index (χ3n) is 3.65. The van der Waals surface area contributed by atoms with Crippen molar-refractivity contribution in [2.45, 2.75) is 5.75 Å². The van der Waals surface area contributed by atoms with E-state index in [0.29, 0.717) is 34.4 Å². The Morgan fingerprint density at radius 1 is 1.14 bits per heavy atom. The van der Waals surface area contributed by atoms with Crippen molar-refractivity contribution in [1.82, 2.24) is 10.3 Å². The molecule has 0 fully saturated rings. The smallest absolute Gasteiger partial charge is 0.251 e. The van der Waals surface area contributed by atoms with Crippen LogP contribution in [0.3, 0.4) is 0 Å². The van der Waals surface area contributed by atoms with Crippen LogP contribution in [-0.4, -0.2) is 55.0 Å². The predicted molar refractivity (Wildman–Crippen MR) is 108 cm³/mol. The molecular weight excluding hydrogens is 382 g/mol. The van der Waals surface area contributed by atoms with Gasteiger partial charge in [-0.1, -0.05) is 0 Å². The van der Waals surface area contributed by atoms with Gasteiger partial charge in [0, 0.05) is 23.3 Å². The molecule has 3 N–H and O–H groups in total. The molecule has 150 valence electrons. The van der Waals surface area contributed by atoms with Gasteiger partial charge in [0.25, 0.3) is 5.91 Å². The van der Waals surface area contributed by atoms with Crippen LogP contribution < -0.4 is 20.1 Å². The minimum Gasteiger partial charge on any atom is -0.493 e. The molecule has 0 aliphatic rings. The Morgan fingerprint density at radius 2 is 1.93 bits per heavy atom. The zero-order valence-electron chi connectivity index (χ0n) is 15.7. The molecule has 0 aliphatic carbocycles. The average molecular weight is 405 g/mol. The van der Waals surface area contributed by atoms with Gasteiger partial charge < -0.3 is 25.2 Å². The Bertz CT molecular complexity index is 816. The summed E-state index contributed by atoms with van der Waals surface area (Å²) in [5.41, 5.74) is 1.34. The SMILES string of the molecule is COc1ccc(C(=O)NCC(=O)Nc2cc(CSCCO)ccn2)cc1OC.